The zero-order valence-electron chi connectivity index (χ0n) is 9.10. The normalized spacial score (nSPS) is 10.6. The van der Waals surface area contributed by atoms with Crippen LogP contribution in [-0.2, 0) is 5.75 Å². The number of anilines is 2. The highest BCUT2D eigenvalue weighted by molar-refractivity contribution is 7.98. The van der Waals surface area contributed by atoms with E-state index >= 15 is 0 Å². The highest BCUT2D eigenvalue weighted by Crippen LogP contribution is 2.25. The van der Waals surface area contributed by atoms with Gasteiger partial charge in [0.15, 0.2) is 5.16 Å². The minimum absolute atomic E-state index is 0.338. The maximum atomic E-state index is 5.96. The van der Waals surface area contributed by atoms with E-state index in [1.54, 1.807) is 12.1 Å². The summed E-state index contributed by atoms with van der Waals surface area (Å²) in [5.74, 6) is 1.24. The van der Waals surface area contributed by atoms with E-state index in [4.69, 9.17) is 34.7 Å². The average molecular weight is 302 g/mol. The highest BCUT2D eigenvalue weighted by atomic mass is 35.5. The summed E-state index contributed by atoms with van der Waals surface area (Å²) in [7, 11) is 0. The molecule has 0 fully saturated rings. The van der Waals surface area contributed by atoms with E-state index in [2.05, 4.69) is 15.0 Å². The summed E-state index contributed by atoms with van der Waals surface area (Å²) in [5, 5.41) is 1.23. The van der Waals surface area contributed by atoms with Crippen molar-refractivity contribution in [3.63, 3.8) is 0 Å². The Kier molecular flexibility index (Phi) is 4.11. The molecule has 0 aliphatic heterocycles. The first-order valence-corrected chi connectivity index (χ1v) is 6.62. The van der Waals surface area contributed by atoms with E-state index in [0.717, 1.165) is 5.56 Å². The van der Waals surface area contributed by atoms with Crippen LogP contribution in [0, 0.1) is 0 Å². The van der Waals surface area contributed by atoms with Crippen LogP contribution in [0.15, 0.2) is 23.4 Å². The molecule has 2 aromatic rings. The second-order valence-electron chi connectivity index (χ2n) is 3.37. The van der Waals surface area contributed by atoms with E-state index in [-0.39, 0.29) is 0 Å². The predicted molar refractivity (Wildman–Crippen MR) is 74.7 cm³/mol. The minimum atomic E-state index is 0.338. The Hall–Kier alpha value is -1.24. The number of nitrogens with zero attached hydrogens (tertiary/aromatic N) is 3. The van der Waals surface area contributed by atoms with Gasteiger partial charge in [-0.3, -0.25) is 0 Å². The Morgan fingerprint density at radius 3 is 2.33 bits per heavy atom. The molecule has 2 rings (SSSR count). The first-order chi connectivity index (χ1) is 8.54. The molecule has 0 atom stereocenters. The first-order valence-electron chi connectivity index (χ1n) is 4.88. The number of halogens is 2. The molecule has 8 heteroatoms. The molecule has 0 saturated carbocycles. The van der Waals surface area contributed by atoms with Crippen LogP contribution < -0.4 is 11.5 Å². The summed E-state index contributed by atoms with van der Waals surface area (Å²) in [5.41, 5.74) is 12.0. The van der Waals surface area contributed by atoms with Crippen LogP contribution in [0.25, 0.3) is 0 Å². The van der Waals surface area contributed by atoms with Crippen LogP contribution in [0.3, 0.4) is 0 Å². The molecule has 94 valence electrons. The number of hydrogen-bond acceptors (Lipinski definition) is 6. The van der Waals surface area contributed by atoms with Crippen molar-refractivity contribution in [2.75, 3.05) is 11.5 Å². The third kappa shape index (κ3) is 3.38. The standard InChI is InChI=1S/C10H9Cl2N5S/c11-6-2-1-5(9(12)15-6)4-18-10-16-7(13)3-8(14)17-10/h1-3H,4H2,(H4,13,14,16,17). The molecule has 5 nitrogen and oxygen atoms in total. The quantitative estimate of drug-likeness (QED) is 0.514. The van der Waals surface area contributed by atoms with Gasteiger partial charge in [0.1, 0.15) is 21.9 Å². The van der Waals surface area contributed by atoms with Crippen molar-refractivity contribution in [2.45, 2.75) is 10.9 Å². The predicted octanol–water partition coefficient (Wildman–Crippen LogP) is 2.64. The smallest absolute Gasteiger partial charge is 0.191 e. The lowest BCUT2D eigenvalue weighted by molar-refractivity contribution is 0.983. The van der Waals surface area contributed by atoms with E-state index in [9.17, 15) is 0 Å². The Morgan fingerprint density at radius 1 is 1.06 bits per heavy atom. The third-order valence-corrected chi connectivity index (χ3v) is 3.43. The van der Waals surface area contributed by atoms with Gasteiger partial charge in [0.2, 0.25) is 0 Å². The molecule has 0 unspecified atom stereocenters. The number of rotatable bonds is 3. The van der Waals surface area contributed by atoms with Crippen LogP contribution in [0.1, 0.15) is 5.56 Å². The van der Waals surface area contributed by atoms with Crippen molar-refractivity contribution in [3.8, 4) is 0 Å². The number of nitrogens with two attached hydrogens (primary N) is 2. The zero-order chi connectivity index (χ0) is 13.1. The zero-order valence-corrected chi connectivity index (χ0v) is 11.4. The minimum Gasteiger partial charge on any atom is -0.383 e. The van der Waals surface area contributed by atoms with Gasteiger partial charge in [-0.2, -0.15) is 0 Å². The van der Waals surface area contributed by atoms with Gasteiger partial charge in [-0.05, 0) is 11.6 Å². The van der Waals surface area contributed by atoms with Gasteiger partial charge < -0.3 is 11.5 Å². The van der Waals surface area contributed by atoms with Gasteiger partial charge in [-0.25, -0.2) is 15.0 Å². The molecule has 0 aliphatic carbocycles. The summed E-state index contributed by atoms with van der Waals surface area (Å²) in [6, 6.07) is 4.99. The van der Waals surface area contributed by atoms with Crippen molar-refractivity contribution in [1.29, 1.82) is 0 Å². The maximum Gasteiger partial charge on any atom is 0.191 e. The Morgan fingerprint density at radius 2 is 1.72 bits per heavy atom. The lowest BCUT2D eigenvalue weighted by Crippen LogP contribution is -1.99. The molecular formula is C10H9Cl2N5S. The lowest BCUT2D eigenvalue weighted by Gasteiger charge is -2.04. The molecule has 0 bridgehead atoms. The van der Waals surface area contributed by atoms with Crippen molar-refractivity contribution in [1.82, 2.24) is 15.0 Å². The molecule has 0 spiro atoms. The topological polar surface area (TPSA) is 90.7 Å². The molecule has 0 amide bonds. The van der Waals surface area contributed by atoms with E-state index in [0.29, 0.717) is 32.9 Å². The fourth-order valence-corrected chi connectivity index (χ4v) is 2.57. The molecule has 0 aliphatic rings. The number of nitrogen functional groups attached to an aromatic ring is 2. The summed E-state index contributed by atoms with van der Waals surface area (Å²) >= 11 is 13.0. The third-order valence-electron chi connectivity index (χ3n) is 1.99. The number of pyridine rings is 1. The Labute approximate surface area is 118 Å². The molecule has 18 heavy (non-hydrogen) atoms. The van der Waals surface area contributed by atoms with Crippen molar-refractivity contribution >= 4 is 46.6 Å². The fourth-order valence-electron chi connectivity index (χ4n) is 1.22. The molecule has 4 N–H and O–H groups in total. The van der Waals surface area contributed by atoms with Crippen LogP contribution >= 0.6 is 35.0 Å². The summed E-state index contributed by atoms with van der Waals surface area (Å²) in [6.07, 6.45) is 0. The number of thioether (sulfide) groups is 1. The second kappa shape index (κ2) is 5.60. The summed E-state index contributed by atoms with van der Waals surface area (Å²) < 4.78 is 0. The van der Waals surface area contributed by atoms with Gasteiger partial charge in [0, 0.05) is 11.8 Å². The first kappa shape index (κ1) is 13.2. The molecule has 0 aromatic carbocycles. The van der Waals surface area contributed by atoms with E-state index < -0.39 is 0 Å². The van der Waals surface area contributed by atoms with E-state index in [1.807, 2.05) is 0 Å². The second-order valence-corrected chi connectivity index (χ2v) is 5.06. The molecule has 0 radical (unpaired) electrons. The molecule has 2 aromatic heterocycles. The van der Waals surface area contributed by atoms with Gasteiger partial charge in [0.25, 0.3) is 0 Å². The maximum absolute atomic E-state index is 5.96. The van der Waals surface area contributed by atoms with Crippen molar-refractivity contribution < 1.29 is 0 Å². The number of aromatic nitrogens is 3. The Bertz CT molecular complexity index is 558. The summed E-state index contributed by atoms with van der Waals surface area (Å²) in [4.78, 5) is 12.1. The van der Waals surface area contributed by atoms with E-state index in [1.165, 1.54) is 17.8 Å². The van der Waals surface area contributed by atoms with Crippen LogP contribution in [-0.4, -0.2) is 15.0 Å². The molecule has 0 saturated heterocycles. The largest absolute Gasteiger partial charge is 0.383 e. The molecular weight excluding hydrogens is 293 g/mol. The van der Waals surface area contributed by atoms with Gasteiger partial charge in [0.05, 0.1) is 0 Å². The van der Waals surface area contributed by atoms with Crippen LogP contribution in [0.2, 0.25) is 10.3 Å². The van der Waals surface area contributed by atoms with Crippen molar-refractivity contribution in [3.05, 3.63) is 34.1 Å². The summed E-state index contributed by atoms with van der Waals surface area (Å²) in [6.45, 7) is 0. The Balaban J connectivity index is 2.11. The van der Waals surface area contributed by atoms with Gasteiger partial charge in [-0.1, -0.05) is 41.0 Å². The highest BCUT2D eigenvalue weighted by Gasteiger charge is 2.06. The SMILES string of the molecule is Nc1cc(N)nc(SCc2ccc(Cl)nc2Cl)n1. The molecule has 2 heterocycles. The van der Waals surface area contributed by atoms with Crippen LogP contribution in [0.4, 0.5) is 11.6 Å². The van der Waals surface area contributed by atoms with Gasteiger partial charge in [-0.15, -0.1) is 0 Å². The number of hydrogen-bond donors (Lipinski definition) is 2. The average Bonchev–Trinajstić information content (AvgIpc) is 2.26. The van der Waals surface area contributed by atoms with Gasteiger partial charge >= 0.3 is 0 Å². The van der Waals surface area contributed by atoms with Crippen LogP contribution in [0.5, 0.6) is 0 Å². The van der Waals surface area contributed by atoms with Crippen molar-refractivity contribution in [2.24, 2.45) is 0 Å². The monoisotopic (exact) mass is 301 g/mol. The lowest BCUT2D eigenvalue weighted by atomic mass is 10.3. The fraction of sp³-hybridized carbons (Fsp3) is 0.100.